The van der Waals surface area contributed by atoms with Crippen LogP contribution < -0.4 is 5.32 Å². The van der Waals surface area contributed by atoms with Gasteiger partial charge in [0, 0.05) is 72.0 Å². The molecule has 0 bridgehead atoms. The number of carbonyl (C=O) groups is 1. The molecule has 2 saturated heterocycles. The van der Waals surface area contributed by atoms with E-state index in [-0.39, 0.29) is 12.0 Å². The van der Waals surface area contributed by atoms with Gasteiger partial charge in [-0.2, -0.15) is 10.5 Å². The van der Waals surface area contributed by atoms with E-state index in [1.165, 1.54) is 12.8 Å². The SMILES string of the molecule is COCCCn1c([C@@H]2CCCN(C(=O)OC(C)(C)C)C2)nc2ccc(C#N)cc21.COCCCn1c([C@@H]2CCCNC2)nc2ccc(C#N)cc21. The minimum atomic E-state index is -0.509. The zero-order chi connectivity index (χ0) is 36.4. The number of carbonyl (C=O) groups excluding carboxylic acids is 1. The van der Waals surface area contributed by atoms with Gasteiger partial charge >= 0.3 is 6.09 Å². The maximum Gasteiger partial charge on any atom is 0.410 e. The van der Waals surface area contributed by atoms with E-state index in [0.29, 0.717) is 36.7 Å². The molecule has 1 N–H and O–H groups in total. The Morgan fingerprint density at radius 1 is 0.863 bits per heavy atom. The third-order valence-corrected chi connectivity index (χ3v) is 9.37. The molecule has 0 spiro atoms. The Morgan fingerprint density at radius 2 is 1.41 bits per heavy atom. The van der Waals surface area contributed by atoms with Crippen LogP contribution in [0.25, 0.3) is 22.1 Å². The van der Waals surface area contributed by atoms with E-state index in [2.05, 4.69) is 26.6 Å². The molecule has 51 heavy (non-hydrogen) atoms. The number of aryl methyl sites for hydroxylation is 2. The molecule has 0 aliphatic carbocycles. The highest BCUT2D eigenvalue weighted by Gasteiger charge is 2.31. The number of likely N-dealkylation sites (tertiary alicyclic amines) is 1. The van der Waals surface area contributed by atoms with Crippen LogP contribution in [-0.2, 0) is 27.3 Å². The summed E-state index contributed by atoms with van der Waals surface area (Å²) in [5, 5.41) is 21.9. The summed E-state index contributed by atoms with van der Waals surface area (Å²) in [4.78, 5) is 24.1. The van der Waals surface area contributed by atoms with Crippen molar-refractivity contribution < 1.29 is 19.0 Å². The lowest BCUT2D eigenvalue weighted by Crippen LogP contribution is -2.42. The summed E-state index contributed by atoms with van der Waals surface area (Å²) in [5.41, 5.74) is 4.69. The molecule has 0 saturated carbocycles. The van der Waals surface area contributed by atoms with Gasteiger partial charge in [0.05, 0.1) is 45.3 Å². The predicted molar refractivity (Wildman–Crippen MR) is 197 cm³/mol. The van der Waals surface area contributed by atoms with Crippen molar-refractivity contribution in [3.8, 4) is 12.1 Å². The van der Waals surface area contributed by atoms with Gasteiger partial charge in [0.2, 0.25) is 0 Å². The Labute approximate surface area is 301 Å². The van der Waals surface area contributed by atoms with Crippen LogP contribution >= 0.6 is 0 Å². The second-order valence-electron chi connectivity index (χ2n) is 14.4. The third kappa shape index (κ3) is 9.65. The van der Waals surface area contributed by atoms with Gasteiger partial charge in [0.15, 0.2) is 0 Å². The summed E-state index contributed by atoms with van der Waals surface area (Å²) in [5.74, 6) is 2.71. The van der Waals surface area contributed by atoms with Crippen LogP contribution in [0.5, 0.6) is 0 Å². The number of hydrogen-bond donors (Lipinski definition) is 1. The largest absolute Gasteiger partial charge is 0.444 e. The van der Waals surface area contributed by atoms with E-state index < -0.39 is 5.60 Å². The fourth-order valence-corrected chi connectivity index (χ4v) is 7.00. The Hall–Kier alpha value is -4.49. The average molecular weight is 697 g/mol. The maximum atomic E-state index is 12.6. The topological polar surface area (TPSA) is 143 Å². The van der Waals surface area contributed by atoms with Crippen molar-refractivity contribution in [1.29, 1.82) is 10.5 Å². The molecule has 12 heteroatoms. The average Bonchev–Trinajstić information content (AvgIpc) is 3.69. The molecule has 272 valence electrons. The van der Waals surface area contributed by atoms with Gasteiger partial charge in [-0.3, -0.25) is 0 Å². The van der Waals surface area contributed by atoms with Crippen molar-refractivity contribution in [2.45, 2.75) is 89.8 Å². The molecule has 2 aliphatic rings. The summed E-state index contributed by atoms with van der Waals surface area (Å²) in [7, 11) is 3.42. The number of methoxy groups -OCH3 is 2. The number of imidazole rings is 2. The van der Waals surface area contributed by atoms with Gasteiger partial charge in [-0.1, -0.05) is 0 Å². The number of nitriles is 2. The second-order valence-corrected chi connectivity index (χ2v) is 14.4. The molecule has 4 aromatic rings. The normalized spacial score (nSPS) is 17.8. The smallest absolute Gasteiger partial charge is 0.410 e. The number of ether oxygens (including phenoxy) is 3. The second kappa shape index (κ2) is 17.6. The van der Waals surface area contributed by atoms with Crippen LogP contribution in [0.2, 0.25) is 0 Å². The molecule has 0 unspecified atom stereocenters. The van der Waals surface area contributed by atoms with Crippen molar-refractivity contribution in [1.82, 2.24) is 29.3 Å². The summed E-state index contributed by atoms with van der Waals surface area (Å²) in [6.45, 7) is 12.1. The van der Waals surface area contributed by atoms with Crippen LogP contribution in [0.1, 0.15) is 93.9 Å². The van der Waals surface area contributed by atoms with E-state index in [4.69, 9.17) is 29.4 Å². The minimum Gasteiger partial charge on any atom is -0.444 e. The van der Waals surface area contributed by atoms with Crippen molar-refractivity contribution in [3.05, 3.63) is 59.2 Å². The van der Waals surface area contributed by atoms with E-state index >= 15 is 0 Å². The van der Waals surface area contributed by atoms with E-state index in [1.807, 2.05) is 51.1 Å². The number of benzene rings is 2. The summed E-state index contributed by atoms with van der Waals surface area (Å²) < 4.78 is 20.5. The zero-order valence-corrected chi connectivity index (χ0v) is 30.8. The van der Waals surface area contributed by atoms with Gasteiger partial charge in [-0.15, -0.1) is 0 Å². The van der Waals surface area contributed by atoms with E-state index in [9.17, 15) is 10.1 Å². The highest BCUT2D eigenvalue weighted by Crippen LogP contribution is 2.31. The first-order valence-corrected chi connectivity index (χ1v) is 18.1. The first-order valence-electron chi connectivity index (χ1n) is 18.1. The monoisotopic (exact) mass is 696 g/mol. The van der Waals surface area contributed by atoms with Crippen LogP contribution in [-0.4, -0.2) is 89.3 Å². The fraction of sp³-hybridized carbons (Fsp3) is 0.564. The number of nitrogens with zero attached hydrogens (tertiary/aromatic N) is 7. The van der Waals surface area contributed by atoms with Crippen LogP contribution in [0.15, 0.2) is 36.4 Å². The molecule has 12 nitrogen and oxygen atoms in total. The quantitative estimate of drug-likeness (QED) is 0.185. The highest BCUT2D eigenvalue weighted by atomic mass is 16.6. The molecule has 2 aromatic carbocycles. The molecular formula is C39H52N8O4. The lowest BCUT2D eigenvalue weighted by molar-refractivity contribution is 0.0195. The lowest BCUT2D eigenvalue weighted by atomic mass is 9.97. The molecule has 1 amide bonds. The number of rotatable bonds is 10. The number of hydrogen-bond acceptors (Lipinski definition) is 9. The van der Waals surface area contributed by atoms with Gasteiger partial charge < -0.3 is 33.6 Å². The van der Waals surface area contributed by atoms with Gasteiger partial charge in [0.25, 0.3) is 0 Å². The third-order valence-electron chi connectivity index (χ3n) is 9.37. The number of amides is 1. The summed E-state index contributed by atoms with van der Waals surface area (Å²) >= 11 is 0. The molecule has 2 aromatic heterocycles. The first kappa shape index (κ1) is 37.8. The molecule has 4 heterocycles. The van der Waals surface area contributed by atoms with Crippen LogP contribution in [0.4, 0.5) is 4.79 Å². The van der Waals surface area contributed by atoms with Gasteiger partial charge in [-0.25, -0.2) is 14.8 Å². The van der Waals surface area contributed by atoms with Crippen molar-refractivity contribution in [2.24, 2.45) is 0 Å². The van der Waals surface area contributed by atoms with E-state index in [0.717, 1.165) is 92.2 Å². The summed E-state index contributed by atoms with van der Waals surface area (Å²) in [6, 6.07) is 15.8. The Kier molecular flexibility index (Phi) is 13.1. The predicted octanol–water partition coefficient (Wildman–Crippen LogP) is 6.47. The van der Waals surface area contributed by atoms with Crippen molar-refractivity contribution >= 4 is 28.2 Å². The van der Waals surface area contributed by atoms with Crippen LogP contribution in [0, 0.1) is 22.7 Å². The molecule has 2 atom stereocenters. The molecule has 2 aliphatic heterocycles. The van der Waals surface area contributed by atoms with Gasteiger partial charge in [-0.05, 0) is 102 Å². The highest BCUT2D eigenvalue weighted by molar-refractivity contribution is 5.79. The van der Waals surface area contributed by atoms with Crippen LogP contribution in [0.3, 0.4) is 0 Å². The molecular weight excluding hydrogens is 644 g/mol. The zero-order valence-electron chi connectivity index (χ0n) is 30.8. The first-order chi connectivity index (χ1) is 24.6. The maximum absolute atomic E-state index is 12.6. The lowest BCUT2D eigenvalue weighted by Gasteiger charge is -2.34. The standard InChI is InChI=1S/C22H30N4O3.C17H22N4O/c1-22(2,3)29-21(27)25-10-5-7-17(15-25)20-24-18-9-8-16(14-23)13-19(18)26(20)11-6-12-28-4;1-22-9-3-8-21-16-10-13(11-18)5-6-15(16)20-17(21)14-4-2-7-19-12-14/h8-9,13,17H,5-7,10-12,15H2,1-4H3;5-6,10,14,19H,2-4,7-9,12H2,1H3/t17-;14-/m11/s1. The molecule has 6 rings (SSSR count). The Bertz CT molecular complexity index is 1860. The van der Waals surface area contributed by atoms with Crippen molar-refractivity contribution in [3.63, 3.8) is 0 Å². The fourth-order valence-electron chi connectivity index (χ4n) is 7.00. The molecule has 0 radical (unpaired) electrons. The number of fused-ring (bicyclic) bond motifs is 2. The van der Waals surface area contributed by atoms with E-state index in [1.54, 1.807) is 25.2 Å². The van der Waals surface area contributed by atoms with Crippen molar-refractivity contribution in [2.75, 3.05) is 53.6 Å². The van der Waals surface area contributed by atoms with Gasteiger partial charge in [0.1, 0.15) is 17.2 Å². The number of piperidine rings is 2. The minimum absolute atomic E-state index is 0.136. The number of nitrogens with one attached hydrogen (secondary N) is 1. The Morgan fingerprint density at radius 3 is 1.90 bits per heavy atom. The summed E-state index contributed by atoms with van der Waals surface area (Å²) in [6.07, 6.45) is 5.78. The Balaban J connectivity index is 0.000000205. The number of aromatic nitrogens is 4. The molecule has 2 fully saturated rings.